The van der Waals surface area contributed by atoms with Gasteiger partial charge in [0.2, 0.25) is 15.9 Å². The van der Waals surface area contributed by atoms with Gasteiger partial charge in [-0.05, 0) is 62.3 Å². The summed E-state index contributed by atoms with van der Waals surface area (Å²) in [7, 11) is -1.97. The molecule has 0 aliphatic heterocycles. The van der Waals surface area contributed by atoms with Crippen LogP contribution < -0.4 is 14.8 Å². The average molecular weight is 368 g/mol. The minimum absolute atomic E-state index is 0.0704. The van der Waals surface area contributed by atoms with Gasteiger partial charge < -0.3 is 10.1 Å². The quantitative estimate of drug-likeness (QED) is 0.737. The zero-order valence-electron chi connectivity index (χ0n) is 15.0. The minimum Gasteiger partial charge on any atom is -0.497 e. The van der Waals surface area contributed by atoms with E-state index in [1.54, 1.807) is 19.2 Å². The van der Waals surface area contributed by atoms with Gasteiger partial charge in [0.1, 0.15) is 5.75 Å². The number of ether oxygens (including phenoxy) is 1. The molecule has 0 saturated heterocycles. The lowest BCUT2D eigenvalue weighted by Crippen LogP contribution is -2.36. The van der Waals surface area contributed by atoms with Gasteiger partial charge in [0.15, 0.2) is 0 Å². The zero-order valence-corrected chi connectivity index (χ0v) is 15.8. The molecule has 1 aromatic carbocycles. The first kappa shape index (κ1) is 19.7. The molecule has 140 valence electrons. The van der Waals surface area contributed by atoms with Crippen LogP contribution in [0, 0.1) is 11.8 Å². The predicted octanol–water partition coefficient (Wildman–Crippen LogP) is 2.31. The first-order valence-electron chi connectivity index (χ1n) is 8.87. The predicted molar refractivity (Wildman–Crippen MR) is 96.9 cm³/mol. The Morgan fingerprint density at radius 3 is 2.36 bits per heavy atom. The Labute approximate surface area is 150 Å². The van der Waals surface area contributed by atoms with E-state index in [0.29, 0.717) is 12.3 Å². The van der Waals surface area contributed by atoms with E-state index < -0.39 is 10.0 Å². The number of amides is 1. The van der Waals surface area contributed by atoms with Gasteiger partial charge in [0.05, 0.1) is 12.0 Å². The molecule has 1 aliphatic carbocycles. The molecular weight excluding hydrogens is 340 g/mol. The molecule has 6 nitrogen and oxygen atoms in total. The monoisotopic (exact) mass is 368 g/mol. The molecule has 2 rings (SSSR count). The van der Waals surface area contributed by atoms with Gasteiger partial charge in [-0.25, -0.2) is 13.1 Å². The number of carbonyl (C=O) groups is 1. The SMILES string of the molecule is CCCNC(=O)C1CCC(CNS(=O)(=O)c2ccc(OC)cc2)CC1. The number of hydrogen-bond donors (Lipinski definition) is 2. The second-order valence-corrected chi connectivity index (χ2v) is 8.30. The summed E-state index contributed by atoms with van der Waals surface area (Å²) >= 11 is 0. The van der Waals surface area contributed by atoms with Crippen LogP contribution in [0.3, 0.4) is 0 Å². The molecule has 2 N–H and O–H groups in total. The van der Waals surface area contributed by atoms with E-state index in [1.165, 1.54) is 12.1 Å². The maximum atomic E-state index is 12.3. The van der Waals surface area contributed by atoms with Crippen LogP contribution in [0.1, 0.15) is 39.0 Å². The van der Waals surface area contributed by atoms with Gasteiger partial charge in [-0.1, -0.05) is 6.92 Å². The third-order valence-electron chi connectivity index (χ3n) is 4.70. The Morgan fingerprint density at radius 2 is 1.80 bits per heavy atom. The highest BCUT2D eigenvalue weighted by Crippen LogP contribution is 2.29. The van der Waals surface area contributed by atoms with Crippen LogP contribution in [-0.2, 0) is 14.8 Å². The van der Waals surface area contributed by atoms with Crippen molar-refractivity contribution < 1.29 is 17.9 Å². The average Bonchev–Trinajstić information content (AvgIpc) is 2.65. The van der Waals surface area contributed by atoms with Gasteiger partial charge in [0, 0.05) is 19.0 Å². The maximum Gasteiger partial charge on any atom is 0.240 e. The van der Waals surface area contributed by atoms with Crippen molar-refractivity contribution in [1.82, 2.24) is 10.0 Å². The first-order valence-corrected chi connectivity index (χ1v) is 10.4. The van der Waals surface area contributed by atoms with E-state index in [-0.39, 0.29) is 22.6 Å². The first-order chi connectivity index (χ1) is 12.0. The van der Waals surface area contributed by atoms with E-state index in [9.17, 15) is 13.2 Å². The van der Waals surface area contributed by atoms with Crippen molar-refractivity contribution >= 4 is 15.9 Å². The molecule has 1 amide bonds. The van der Waals surface area contributed by atoms with Crippen LogP contribution in [-0.4, -0.2) is 34.5 Å². The topological polar surface area (TPSA) is 84.5 Å². The fraction of sp³-hybridized carbons (Fsp3) is 0.611. The molecule has 0 radical (unpaired) electrons. The van der Waals surface area contributed by atoms with E-state index in [1.807, 2.05) is 6.92 Å². The van der Waals surface area contributed by atoms with Gasteiger partial charge in [0.25, 0.3) is 0 Å². The summed E-state index contributed by atoms with van der Waals surface area (Å²) in [6.07, 6.45) is 4.33. The second-order valence-electron chi connectivity index (χ2n) is 6.54. The number of sulfonamides is 1. The van der Waals surface area contributed by atoms with E-state index in [2.05, 4.69) is 10.0 Å². The van der Waals surface area contributed by atoms with Crippen molar-refractivity contribution in [3.63, 3.8) is 0 Å². The summed E-state index contributed by atoms with van der Waals surface area (Å²) in [5.74, 6) is 1.11. The fourth-order valence-electron chi connectivity index (χ4n) is 3.09. The maximum absolute atomic E-state index is 12.3. The fourth-order valence-corrected chi connectivity index (χ4v) is 4.20. The summed E-state index contributed by atoms with van der Waals surface area (Å²) in [6.45, 7) is 3.17. The summed E-state index contributed by atoms with van der Waals surface area (Å²) < 4.78 is 32.4. The van der Waals surface area contributed by atoms with E-state index >= 15 is 0 Å². The number of rotatable bonds is 8. The molecule has 0 heterocycles. The smallest absolute Gasteiger partial charge is 0.240 e. The van der Waals surface area contributed by atoms with Crippen molar-refractivity contribution in [3.8, 4) is 5.75 Å². The molecule has 0 atom stereocenters. The Balaban J connectivity index is 1.80. The number of methoxy groups -OCH3 is 1. The van der Waals surface area contributed by atoms with Gasteiger partial charge in [-0.2, -0.15) is 0 Å². The molecule has 0 unspecified atom stereocenters. The zero-order chi connectivity index (χ0) is 18.3. The van der Waals surface area contributed by atoms with Gasteiger partial charge >= 0.3 is 0 Å². The number of carbonyl (C=O) groups excluding carboxylic acids is 1. The third kappa shape index (κ3) is 5.71. The van der Waals surface area contributed by atoms with Crippen molar-refractivity contribution in [2.75, 3.05) is 20.2 Å². The second kappa shape index (κ2) is 9.20. The van der Waals surface area contributed by atoms with Crippen molar-refractivity contribution in [1.29, 1.82) is 0 Å². The lowest BCUT2D eigenvalue weighted by molar-refractivity contribution is -0.126. The third-order valence-corrected chi connectivity index (χ3v) is 6.14. The van der Waals surface area contributed by atoms with Crippen LogP contribution in [0.25, 0.3) is 0 Å². The Morgan fingerprint density at radius 1 is 1.16 bits per heavy atom. The molecule has 0 spiro atoms. The Bertz CT molecular complexity index is 650. The lowest BCUT2D eigenvalue weighted by atomic mass is 9.81. The van der Waals surface area contributed by atoms with Crippen LogP contribution in [0.4, 0.5) is 0 Å². The molecule has 1 saturated carbocycles. The summed E-state index contributed by atoms with van der Waals surface area (Å²) in [5.41, 5.74) is 0. The molecule has 25 heavy (non-hydrogen) atoms. The Kier molecular flexibility index (Phi) is 7.25. The van der Waals surface area contributed by atoms with Crippen LogP contribution in [0.2, 0.25) is 0 Å². The summed E-state index contributed by atoms with van der Waals surface area (Å²) in [6, 6.07) is 6.34. The summed E-state index contributed by atoms with van der Waals surface area (Å²) in [5, 5.41) is 2.94. The molecular formula is C18H28N2O4S. The molecule has 1 aliphatic rings. The highest BCUT2D eigenvalue weighted by Gasteiger charge is 2.27. The highest BCUT2D eigenvalue weighted by molar-refractivity contribution is 7.89. The normalized spacial score (nSPS) is 20.9. The lowest BCUT2D eigenvalue weighted by Gasteiger charge is -2.27. The summed E-state index contributed by atoms with van der Waals surface area (Å²) in [4.78, 5) is 12.2. The number of nitrogens with one attached hydrogen (secondary N) is 2. The Hall–Kier alpha value is -1.60. The molecule has 7 heteroatoms. The number of hydrogen-bond acceptors (Lipinski definition) is 4. The van der Waals surface area contributed by atoms with Crippen molar-refractivity contribution in [2.45, 2.75) is 43.9 Å². The van der Waals surface area contributed by atoms with Crippen molar-refractivity contribution in [3.05, 3.63) is 24.3 Å². The van der Waals surface area contributed by atoms with Crippen LogP contribution >= 0.6 is 0 Å². The largest absolute Gasteiger partial charge is 0.497 e. The standard InChI is InChI=1S/C18H28N2O4S/c1-3-12-19-18(21)15-6-4-14(5-7-15)13-20-25(22,23)17-10-8-16(24-2)9-11-17/h8-11,14-15,20H,3-7,12-13H2,1-2H3,(H,19,21). The minimum atomic E-state index is -3.51. The van der Waals surface area contributed by atoms with E-state index in [0.717, 1.165) is 38.6 Å². The van der Waals surface area contributed by atoms with Crippen molar-refractivity contribution in [2.24, 2.45) is 11.8 Å². The number of benzene rings is 1. The molecule has 0 aromatic heterocycles. The van der Waals surface area contributed by atoms with Crippen LogP contribution in [0.5, 0.6) is 5.75 Å². The van der Waals surface area contributed by atoms with Gasteiger partial charge in [-0.15, -0.1) is 0 Å². The van der Waals surface area contributed by atoms with E-state index in [4.69, 9.17) is 4.74 Å². The molecule has 0 bridgehead atoms. The molecule has 1 fully saturated rings. The van der Waals surface area contributed by atoms with Crippen LogP contribution in [0.15, 0.2) is 29.2 Å². The highest BCUT2D eigenvalue weighted by atomic mass is 32.2. The molecule has 1 aromatic rings. The van der Waals surface area contributed by atoms with Gasteiger partial charge in [-0.3, -0.25) is 4.79 Å².